The molecule has 7 nitrogen and oxygen atoms in total. The molecule has 2 aromatic carbocycles. The fraction of sp³-hybridized carbons (Fsp3) is 0.391. The van der Waals surface area contributed by atoms with Crippen LogP contribution in [0.3, 0.4) is 0 Å². The third-order valence-electron chi connectivity index (χ3n) is 4.80. The maximum Gasteiger partial charge on any atom is 0.273 e. The van der Waals surface area contributed by atoms with E-state index in [0.29, 0.717) is 22.0 Å². The first-order valence-electron chi connectivity index (χ1n) is 10.2. The van der Waals surface area contributed by atoms with Gasteiger partial charge in [-0.2, -0.15) is 0 Å². The largest absolute Gasteiger partial charge is 0.350 e. The predicted molar refractivity (Wildman–Crippen MR) is 126 cm³/mol. The lowest BCUT2D eigenvalue weighted by atomic mass is 10.0. The van der Waals surface area contributed by atoms with Crippen molar-refractivity contribution >= 4 is 40.7 Å². The molecule has 0 fully saturated rings. The number of nitrogens with one attached hydrogen (secondary N) is 1. The highest BCUT2D eigenvalue weighted by atomic mass is 35.5. The van der Waals surface area contributed by atoms with Gasteiger partial charge in [0.05, 0.1) is 11.3 Å². The number of nitrogens with zero attached hydrogens (tertiary/aromatic N) is 2. The number of halogens is 2. The smallest absolute Gasteiger partial charge is 0.273 e. The van der Waals surface area contributed by atoms with E-state index < -0.39 is 22.4 Å². The fourth-order valence-electron chi connectivity index (χ4n) is 3.33. The molecular formula is C23H27Cl2N3O4. The van der Waals surface area contributed by atoms with Gasteiger partial charge in [0, 0.05) is 39.3 Å². The van der Waals surface area contributed by atoms with E-state index in [1.165, 1.54) is 17.0 Å². The second-order valence-corrected chi connectivity index (χ2v) is 9.26. The van der Waals surface area contributed by atoms with E-state index >= 15 is 0 Å². The summed E-state index contributed by atoms with van der Waals surface area (Å²) in [4.78, 5) is 38.7. The first kappa shape index (κ1) is 25.6. The fourth-order valence-corrected chi connectivity index (χ4v) is 3.85. The number of para-hydroxylation sites is 1. The molecule has 0 spiro atoms. The zero-order valence-electron chi connectivity index (χ0n) is 18.5. The molecule has 0 bridgehead atoms. The van der Waals surface area contributed by atoms with Gasteiger partial charge >= 0.3 is 0 Å². The van der Waals surface area contributed by atoms with Crippen LogP contribution in [0.15, 0.2) is 42.5 Å². The van der Waals surface area contributed by atoms with Crippen molar-refractivity contribution in [1.82, 2.24) is 10.2 Å². The molecule has 0 heterocycles. The van der Waals surface area contributed by atoms with Gasteiger partial charge in [-0.3, -0.25) is 19.7 Å². The molecule has 1 N–H and O–H groups in total. The second-order valence-electron chi connectivity index (χ2n) is 8.45. The molecule has 2 aromatic rings. The van der Waals surface area contributed by atoms with Crippen molar-refractivity contribution in [3.05, 3.63) is 73.8 Å². The zero-order valence-corrected chi connectivity index (χ0v) is 20.0. The van der Waals surface area contributed by atoms with Crippen LogP contribution < -0.4 is 5.32 Å². The summed E-state index contributed by atoms with van der Waals surface area (Å²) in [5.74, 6) is -0.759. The van der Waals surface area contributed by atoms with Crippen molar-refractivity contribution in [3.63, 3.8) is 0 Å². The molecule has 2 amide bonds. The minimum atomic E-state index is -0.808. The highest BCUT2D eigenvalue weighted by Gasteiger charge is 2.32. The summed E-state index contributed by atoms with van der Waals surface area (Å²) < 4.78 is 0. The van der Waals surface area contributed by atoms with Crippen LogP contribution >= 0.6 is 23.2 Å². The minimum Gasteiger partial charge on any atom is -0.350 e. The van der Waals surface area contributed by atoms with Gasteiger partial charge in [0.25, 0.3) is 5.69 Å². The van der Waals surface area contributed by atoms with Crippen molar-refractivity contribution in [1.29, 1.82) is 0 Å². The monoisotopic (exact) mass is 479 g/mol. The second kappa shape index (κ2) is 10.8. The van der Waals surface area contributed by atoms with Crippen molar-refractivity contribution in [2.75, 3.05) is 0 Å². The Bertz CT molecular complexity index is 985. The van der Waals surface area contributed by atoms with Crippen LogP contribution in [0, 0.1) is 10.1 Å². The number of benzene rings is 2. The number of carbonyl (C=O) groups excluding carboxylic acids is 2. The summed E-state index contributed by atoms with van der Waals surface area (Å²) in [5.41, 5.74) is 0.126. The lowest BCUT2D eigenvalue weighted by molar-refractivity contribution is -0.385. The van der Waals surface area contributed by atoms with Crippen LogP contribution in [-0.4, -0.2) is 33.2 Å². The molecule has 0 aliphatic carbocycles. The maximum atomic E-state index is 13.4. The number of carbonyl (C=O) groups is 2. The van der Waals surface area contributed by atoms with Gasteiger partial charge in [0.2, 0.25) is 11.8 Å². The zero-order chi connectivity index (χ0) is 24.1. The number of rotatable bonds is 8. The Morgan fingerprint density at radius 1 is 1.09 bits per heavy atom. The predicted octanol–water partition coefficient (Wildman–Crippen LogP) is 5.17. The molecule has 0 saturated carbocycles. The summed E-state index contributed by atoms with van der Waals surface area (Å²) in [5, 5.41) is 15.0. The Labute approximate surface area is 197 Å². The summed E-state index contributed by atoms with van der Waals surface area (Å²) in [6, 6.07) is 10.3. The van der Waals surface area contributed by atoms with Gasteiger partial charge in [-0.15, -0.1) is 0 Å². The topological polar surface area (TPSA) is 92.6 Å². The summed E-state index contributed by atoms with van der Waals surface area (Å²) in [6.45, 7) is 7.34. The molecule has 172 valence electrons. The van der Waals surface area contributed by atoms with E-state index in [0.717, 1.165) is 0 Å². The van der Waals surface area contributed by atoms with Crippen molar-refractivity contribution in [3.8, 4) is 0 Å². The number of nitro benzene ring substituents is 1. The maximum absolute atomic E-state index is 13.4. The number of nitro groups is 1. The Hall–Kier alpha value is -2.64. The van der Waals surface area contributed by atoms with E-state index in [1.807, 2.05) is 20.8 Å². The molecule has 9 heteroatoms. The lowest BCUT2D eigenvalue weighted by Gasteiger charge is -2.33. The Balaban J connectivity index is 2.46. The number of amides is 2. The van der Waals surface area contributed by atoms with Crippen molar-refractivity contribution in [2.45, 2.75) is 58.7 Å². The average molecular weight is 480 g/mol. The highest BCUT2D eigenvalue weighted by molar-refractivity contribution is 6.36. The SMILES string of the molecule is CCC(C(=O)NC(C)(C)C)N(Cc1c(Cl)cccc1Cl)C(=O)Cc1ccccc1[N+](=O)[O-]. The molecule has 2 rings (SSSR count). The normalized spacial score (nSPS) is 12.2. The summed E-state index contributed by atoms with van der Waals surface area (Å²) in [6.07, 6.45) is 0.102. The van der Waals surface area contributed by atoms with Crippen molar-refractivity contribution in [2.24, 2.45) is 0 Å². The highest BCUT2D eigenvalue weighted by Crippen LogP contribution is 2.28. The van der Waals surface area contributed by atoms with Crippen LogP contribution in [0.5, 0.6) is 0 Å². The van der Waals surface area contributed by atoms with Crippen LogP contribution in [0.25, 0.3) is 0 Å². The van der Waals surface area contributed by atoms with E-state index in [2.05, 4.69) is 5.32 Å². The first-order valence-corrected chi connectivity index (χ1v) is 11.0. The Morgan fingerprint density at radius 2 is 1.69 bits per heavy atom. The summed E-state index contributed by atoms with van der Waals surface area (Å²) in [7, 11) is 0. The first-order chi connectivity index (χ1) is 14.9. The van der Waals surface area contributed by atoms with Crippen LogP contribution in [-0.2, 0) is 22.6 Å². The van der Waals surface area contributed by atoms with E-state index in [1.54, 1.807) is 37.3 Å². The number of hydrogen-bond acceptors (Lipinski definition) is 4. The molecule has 0 saturated heterocycles. The molecule has 32 heavy (non-hydrogen) atoms. The van der Waals surface area contributed by atoms with Gasteiger partial charge in [0.15, 0.2) is 0 Å². The van der Waals surface area contributed by atoms with E-state index in [4.69, 9.17) is 23.2 Å². The van der Waals surface area contributed by atoms with Gasteiger partial charge in [-0.05, 0) is 39.3 Å². The molecule has 1 atom stereocenters. The third-order valence-corrected chi connectivity index (χ3v) is 5.51. The molecule has 0 aromatic heterocycles. The molecule has 0 aliphatic heterocycles. The number of hydrogen-bond donors (Lipinski definition) is 1. The molecular weight excluding hydrogens is 453 g/mol. The lowest BCUT2D eigenvalue weighted by Crippen LogP contribution is -2.53. The quantitative estimate of drug-likeness (QED) is 0.417. The van der Waals surface area contributed by atoms with E-state index in [-0.39, 0.29) is 30.1 Å². The van der Waals surface area contributed by atoms with Crippen LogP contribution in [0.1, 0.15) is 45.2 Å². The third kappa shape index (κ3) is 6.68. The summed E-state index contributed by atoms with van der Waals surface area (Å²) >= 11 is 12.7. The molecule has 0 radical (unpaired) electrons. The van der Waals surface area contributed by atoms with Crippen LogP contribution in [0.4, 0.5) is 5.69 Å². The van der Waals surface area contributed by atoms with Gasteiger partial charge in [-0.25, -0.2) is 0 Å². The molecule has 0 aliphatic rings. The van der Waals surface area contributed by atoms with E-state index in [9.17, 15) is 19.7 Å². The van der Waals surface area contributed by atoms with Gasteiger partial charge in [0.1, 0.15) is 6.04 Å². The van der Waals surface area contributed by atoms with Crippen molar-refractivity contribution < 1.29 is 14.5 Å². The van der Waals surface area contributed by atoms with Crippen LogP contribution in [0.2, 0.25) is 10.0 Å². The van der Waals surface area contributed by atoms with Gasteiger partial charge in [-0.1, -0.05) is 54.4 Å². The Kier molecular flexibility index (Phi) is 8.64. The van der Waals surface area contributed by atoms with Gasteiger partial charge < -0.3 is 10.2 Å². The average Bonchev–Trinajstić information content (AvgIpc) is 2.68. The minimum absolute atomic E-state index is 0.00591. The Morgan fingerprint density at radius 3 is 2.22 bits per heavy atom. The molecule has 1 unspecified atom stereocenters. The standard InChI is InChI=1S/C23H27Cl2N3O4/c1-5-19(22(30)26-23(2,3)4)27(14-16-17(24)10-8-11-18(16)25)21(29)13-15-9-6-7-12-20(15)28(31)32/h6-12,19H,5,13-14H2,1-4H3,(H,26,30).